The Morgan fingerprint density at radius 2 is 1.71 bits per heavy atom. The van der Waals surface area contributed by atoms with Gasteiger partial charge in [-0.15, -0.1) is 0 Å². The zero-order valence-electron chi connectivity index (χ0n) is 18.2. The topological polar surface area (TPSA) is 82.8 Å². The number of carbonyl (C=O) groups is 2. The molecule has 2 amide bonds. The fourth-order valence-electron chi connectivity index (χ4n) is 4.16. The van der Waals surface area contributed by atoms with Crippen LogP contribution in [-0.2, 0) is 17.8 Å². The van der Waals surface area contributed by atoms with Gasteiger partial charge in [-0.2, -0.15) is 4.98 Å². The molecule has 0 bridgehead atoms. The van der Waals surface area contributed by atoms with Crippen LogP contribution >= 0.6 is 0 Å². The molecular formula is C23H31N5O3. The maximum atomic E-state index is 12.6. The molecule has 1 aromatic carbocycles. The van der Waals surface area contributed by atoms with Crippen molar-refractivity contribution >= 4 is 11.8 Å². The van der Waals surface area contributed by atoms with Crippen LogP contribution < -0.4 is 0 Å². The van der Waals surface area contributed by atoms with E-state index in [1.165, 1.54) is 0 Å². The highest BCUT2D eigenvalue weighted by molar-refractivity contribution is 5.94. The first kappa shape index (κ1) is 21.5. The van der Waals surface area contributed by atoms with Crippen molar-refractivity contribution in [1.29, 1.82) is 0 Å². The minimum Gasteiger partial charge on any atom is -0.343 e. The van der Waals surface area contributed by atoms with Crippen LogP contribution in [0.25, 0.3) is 0 Å². The van der Waals surface area contributed by atoms with Gasteiger partial charge in [-0.1, -0.05) is 30.3 Å². The van der Waals surface area contributed by atoms with Crippen LogP contribution in [0.2, 0.25) is 0 Å². The fourth-order valence-corrected chi connectivity index (χ4v) is 4.16. The summed E-state index contributed by atoms with van der Waals surface area (Å²) < 4.78 is 5.36. The molecule has 4 rings (SSSR count). The number of likely N-dealkylation sites (tertiary alicyclic amines) is 1. The Bertz CT molecular complexity index is 868. The van der Waals surface area contributed by atoms with Crippen LogP contribution in [0.15, 0.2) is 34.9 Å². The molecule has 1 aromatic heterocycles. The number of piperazine rings is 1. The predicted octanol–water partition coefficient (Wildman–Crippen LogP) is 2.22. The smallest absolute Gasteiger partial charge is 0.253 e. The van der Waals surface area contributed by atoms with Crippen molar-refractivity contribution in [3.8, 4) is 0 Å². The summed E-state index contributed by atoms with van der Waals surface area (Å²) >= 11 is 0. The first-order valence-corrected chi connectivity index (χ1v) is 11.2. The molecule has 2 aliphatic rings. The van der Waals surface area contributed by atoms with E-state index in [2.05, 4.69) is 22.0 Å². The van der Waals surface area contributed by atoms with E-state index in [1.807, 2.05) is 40.1 Å². The van der Waals surface area contributed by atoms with Crippen LogP contribution in [0, 0.1) is 5.92 Å². The molecular weight excluding hydrogens is 394 g/mol. The molecule has 0 aliphatic carbocycles. The molecule has 0 unspecified atom stereocenters. The summed E-state index contributed by atoms with van der Waals surface area (Å²) in [4.78, 5) is 35.5. The summed E-state index contributed by atoms with van der Waals surface area (Å²) in [5.74, 6) is 2.12. The molecule has 0 atom stereocenters. The third-order valence-corrected chi connectivity index (χ3v) is 6.24. The molecule has 166 valence electrons. The Morgan fingerprint density at radius 1 is 1.00 bits per heavy atom. The maximum Gasteiger partial charge on any atom is 0.253 e. The summed E-state index contributed by atoms with van der Waals surface area (Å²) in [7, 11) is 0. The van der Waals surface area contributed by atoms with Crippen LogP contribution in [0.4, 0.5) is 0 Å². The number of aromatic nitrogens is 2. The van der Waals surface area contributed by atoms with Gasteiger partial charge in [0.2, 0.25) is 11.8 Å². The van der Waals surface area contributed by atoms with Crippen molar-refractivity contribution in [2.24, 2.45) is 5.92 Å². The number of hydrogen-bond donors (Lipinski definition) is 0. The van der Waals surface area contributed by atoms with Crippen molar-refractivity contribution in [2.45, 2.75) is 39.2 Å². The Morgan fingerprint density at radius 3 is 2.42 bits per heavy atom. The second kappa shape index (κ2) is 10.0. The first-order chi connectivity index (χ1) is 15.1. The average molecular weight is 426 g/mol. The number of rotatable bonds is 6. The summed E-state index contributed by atoms with van der Waals surface area (Å²) in [6, 6.07) is 9.39. The zero-order valence-corrected chi connectivity index (χ0v) is 18.2. The number of piperidine rings is 1. The van der Waals surface area contributed by atoms with Crippen molar-refractivity contribution in [3.05, 3.63) is 47.6 Å². The van der Waals surface area contributed by atoms with E-state index < -0.39 is 0 Å². The molecule has 31 heavy (non-hydrogen) atoms. The third-order valence-electron chi connectivity index (χ3n) is 6.24. The molecule has 2 fully saturated rings. The van der Waals surface area contributed by atoms with Gasteiger partial charge in [0.05, 0.1) is 6.54 Å². The van der Waals surface area contributed by atoms with E-state index in [9.17, 15) is 9.59 Å². The lowest BCUT2D eigenvalue weighted by molar-refractivity contribution is -0.132. The third kappa shape index (κ3) is 5.70. The van der Waals surface area contributed by atoms with Gasteiger partial charge in [-0.3, -0.25) is 14.5 Å². The minimum atomic E-state index is 0.0786. The molecule has 8 heteroatoms. The largest absolute Gasteiger partial charge is 0.343 e. The van der Waals surface area contributed by atoms with E-state index in [4.69, 9.17) is 4.52 Å². The van der Waals surface area contributed by atoms with E-state index in [0.717, 1.165) is 44.6 Å². The fraction of sp³-hybridized carbons (Fsp3) is 0.565. The van der Waals surface area contributed by atoms with Gasteiger partial charge in [0.15, 0.2) is 5.82 Å². The quantitative estimate of drug-likeness (QED) is 0.706. The molecule has 0 saturated carbocycles. The summed E-state index contributed by atoms with van der Waals surface area (Å²) in [5.41, 5.74) is 0.729. The highest BCUT2D eigenvalue weighted by atomic mass is 16.5. The van der Waals surface area contributed by atoms with Crippen LogP contribution in [0.1, 0.15) is 48.3 Å². The molecule has 0 radical (unpaired) electrons. The lowest BCUT2D eigenvalue weighted by Gasteiger charge is -2.34. The monoisotopic (exact) mass is 425 g/mol. The SMILES string of the molecule is CC1CCN(C(=O)CCc2nc(CN3CCN(C(=O)c4ccccc4)CC3)no2)CC1. The molecule has 8 nitrogen and oxygen atoms in total. The number of nitrogens with zero attached hydrogens (tertiary/aromatic N) is 5. The lowest BCUT2D eigenvalue weighted by Crippen LogP contribution is -2.48. The normalized spacial score (nSPS) is 18.4. The average Bonchev–Trinajstić information content (AvgIpc) is 3.26. The lowest BCUT2D eigenvalue weighted by atomic mass is 9.99. The van der Waals surface area contributed by atoms with Crippen LogP contribution in [0.5, 0.6) is 0 Å². The van der Waals surface area contributed by atoms with Gasteiger partial charge >= 0.3 is 0 Å². The number of amides is 2. The van der Waals surface area contributed by atoms with Gasteiger partial charge in [0.25, 0.3) is 5.91 Å². The Hall–Kier alpha value is -2.74. The predicted molar refractivity (Wildman–Crippen MR) is 115 cm³/mol. The van der Waals surface area contributed by atoms with E-state index in [1.54, 1.807) is 0 Å². The zero-order chi connectivity index (χ0) is 21.6. The molecule has 2 aromatic rings. The van der Waals surface area contributed by atoms with Gasteiger partial charge in [-0.05, 0) is 30.9 Å². The van der Waals surface area contributed by atoms with Crippen molar-refractivity contribution in [1.82, 2.24) is 24.8 Å². The number of carbonyl (C=O) groups excluding carboxylic acids is 2. The standard InChI is InChI=1S/C23H31N5O3/c1-18-9-11-27(12-10-18)22(29)8-7-21-24-20(25-31-21)17-26-13-15-28(16-14-26)23(30)19-5-3-2-4-6-19/h2-6,18H,7-17H2,1H3. The maximum absolute atomic E-state index is 12.6. The number of aryl methyl sites for hydroxylation is 1. The minimum absolute atomic E-state index is 0.0786. The summed E-state index contributed by atoms with van der Waals surface area (Å²) in [6.45, 7) is 7.45. The Kier molecular flexibility index (Phi) is 6.96. The van der Waals surface area contributed by atoms with Crippen molar-refractivity contribution in [3.63, 3.8) is 0 Å². The van der Waals surface area contributed by atoms with Gasteiger partial charge in [0, 0.05) is 57.7 Å². The molecule has 0 spiro atoms. The van der Waals surface area contributed by atoms with Gasteiger partial charge in [-0.25, -0.2) is 0 Å². The van der Waals surface area contributed by atoms with E-state index in [-0.39, 0.29) is 11.8 Å². The Labute approximate surface area is 183 Å². The van der Waals surface area contributed by atoms with Gasteiger partial charge < -0.3 is 14.3 Å². The molecule has 2 aliphatic heterocycles. The molecule has 3 heterocycles. The Balaban J connectivity index is 1.20. The van der Waals surface area contributed by atoms with E-state index >= 15 is 0 Å². The summed E-state index contributed by atoms with van der Waals surface area (Å²) in [6.07, 6.45) is 3.06. The number of hydrogen-bond acceptors (Lipinski definition) is 6. The molecule has 0 N–H and O–H groups in total. The van der Waals surface area contributed by atoms with Crippen LogP contribution in [0.3, 0.4) is 0 Å². The second-order valence-corrected chi connectivity index (χ2v) is 8.60. The first-order valence-electron chi connectivity index (χ1n) is 11.2. The summed E-state index contributed by atoms with van der Waals surface area (Å²) in [5, 5.41) is 4.08. The highest BCUT2D eigenvalue weighted by Gasteiger charge is 2.24. The van der Waals surface area contributed by atoms with Crippen molar-refractivity contribution in [2.75, 3.05) is 39.3 Å². The number of benzene rings is 1. The molecule has 2 saturated heterocycles. The highest BCUT2D eigenvalue weighted by Crippen LogP contribution is 2.17. The van der Waals surface area contributed by atoms with Gasteiger partial charge in [0.1, 0.15) is 0 Å². The van der Waals surface area contributed by atoms with E-state index in [0.29, 0.717) is 50.1 Å². The second-order valence-electron chi connectivity index (χ2n) is 8.60. The van der Waals surface area contributed by atoms with Crippen molar-refractivity contribution < 1.29 is 14.1 Å². The van der Waals surface area contributed by atoms with Crippen LogP contribution in [-0.4, -0.2) is 75.9 Å².